The molecular weight excluding hydrogens is 363 g/mol. The third-order valence-corrected chi connectivity index (χ3v) is 4.35. The summed E-state index contributed by atoms with van der Waals surface area (Å²) in [6.07, 6.45) is 5.70. The fourth-order valence-corrected chi connectivity index (χ4v) is 3.09. The fraction of sp³-hybridized carbons (Fsp3) is 0.526. The molecule has 28 heavy (non-hydrogen) atoms. The monoisotopic (exact) mass is 388 g/mol. The molecule has 1 aliphatic rings. The van der Waals surface area contributed by atoms with Crippen LogP contribution in [0.4, 0.5) is 15.1 Å². The molecule has 3 rings (SSSR count). The van der Waals surface area contributed by atoms with E-state index in [1.165, 1.54) is 12.5 Å². The second-order valence-corrected chi connectivity index (χ2v) is 7.81. The van der Waals surface area contributed by atoms with Crippen LogP contribution in [0.25, 0.3) is 11.4 Å². The highest BCUT2D eigenvalue weighted by atomic mass is 19.1. The predicted octanol–water partition coefficient (Wildman–Crippen LogP) is 3.32. The third-order valence-electron chi connectivity index (χ3n) is 4.35. The van der Waals surface area contributed by atoms with E-state index >= 15 is 0 Å². The summed E-state index contributed by atoms with van der Waals surface area (Å²) in [7, 11) is 0. The van der Waals surface area contributed by atoms with Crippen molar-refractivity contribution in [3.05, 3.63) is 30.6 Å². The van der Waals surface area contributed by atoms with E-state index < -0.39 is 11.5 Å². The standard InChI is InChI=1S/C19H25FN6O2/c1-19(2,3)28-18(27)25-13-8-6-12(7-9-13)24-17-23-11-22-16(26-17)14-5-4-10-21-15(14)20/h4-5,10-13H,6-9H2,1-3H3,(H,25,27)(H,22,23,24,26). The van der Waals surface area contributed by atoms with E-state index in [0.29, 0.717) is 5.95 Å². The van der Waals surface area contributed by atoms with Crippen LogP contribution in [0.2, 0.25) is 0 Å². The van der Waals surface area contributed by atoms with Gasteiger partial charge in [0, 0.05) is 18.3 Å². The van der Waals surface area contributed by atoms with Crippen LogP contribution in [0.5, 0.6) is 0 Å². The van der Waals surface area contributed by atoms with Gasteiger partial charge in [-0.15, -0.1) is 0 Å². The maximum Gasteiger partial charge on any atom is 0.407 e. The fourth-order valence-electron chi connectivity index (χ4n) is 3.09. The molecule has 2 heterocycles. The molecule has 9 heteroatoms. The van der Waals surface area contributed by atoms with Crippen LogP contribution in [0.1, 0.15) is 46.5 Å². The first-order chi connectivity index (χ1) is 13.3. The molecule has 0 atom stereocenters. The minimum absolute atomic E-state index is 0.0892. The van der Waals surface area contributed by atoms with E-state index in [1.807, 2.05) is 20.8 Å². The Bertz CT molecular complexity index is 818. The number of carbonyl (C=O) groups is 1. The predicted molar refractivity (Wildman–Crippen MR) is 102 cm³/mol. The van der Waals surface area contributed by atoms with Crippen molar-refractivity contribution in [2.45, 2.75) is 64.1 Å². The summed E-state index contributed by atoms with van der Waals surface area (Å²) >= 11 is 0. The number of carbonyl (C=O) groups excluding carboxylic acids is 1. The Labute approximate surface area is 163 Å². The van der Waals surface area contributed by atoms with Crippen LogP contribution in [0.15, 0.2) is 24.7 Å². The van der Waals surface area contributed by atoms with Crippen LogP contribution in [-0.4, -0.2) is 43.7 Å². The number of pyridine rings is 1. The number of anilines is 1. The number of hydrogen-bond donors (Lipinski definition) is 2. The molecule has 1 saturated carbocycles. The Morgan fingerprint density at radius 3 is 2.54 bits per heavy atom. The quantitative estimate of drug-likeness (QED) is 0.775. The number of aromatic nitrogens is 4. The highest BCUT2D eigenvalue weighted by molar-refractivity contribution is 5.68. The van der Waals surface area contributed by atoms with Gasteiger partial charge in [-0.3, -0.25) is 0 Å². The van der Waals surface area contributed by atoms with Crippen molar-refractivity contribution in [3.8, 4) is 11.4 Å². The minimum atomic E-state index is -0.617. The van der Waals surface area contributed by atoms with Gasteiger partial charge < -0.3 is 15.4 Å². The molecule has 0 aliphatic heterocycles. The van der Waals surface area contributed by atoms with E-state index in [-0.39, 0.29) is 29.6 Å². The smallest absolute Gasteiger partial charge is 0.407 e. The number of halogens is 1. The topological polar surface area (TPSA) is 102 Å². The van der Waals surface area contributed by atoms with Crippen LogP contribution in [0.3, 0.4) is 0 Å². The number of nitrogens with zero attached hydrogens (tertiary/aromatic N) is 4. The molecule has 2 aromatic heterocycles. The van der Waals surface area contributed by atoms with E-state index in [9.17, 15) is 9.18 Å². The van der Waals surface area contributed by atoms with Crippen molar-refractivity contribution in [1.82, 2.24) is 25.3 Å². The van der Waals surface area contributed by atoms with Gasteiger partial charge in [0.25, 0.3) is 0 Å². The zero-order valence-corrected chi connectivity index (χ0v) is 16.3. The molecule has 1 aliphatic carbocycles. The van der Waals surface area contributed by atoms with Crippen molar-refractivity contribution in [2.24, 2.45) is 0 Å². The van der Waals surface area contributed by atoms with E-state index in [4.69, 9.17) is 4.74 Å². The molecular formula is C19H25FN6O2. The van der Waals surface area contributed by atoms with Gasteiger partial charge in [-0.25, -0.2) is 19.7 Å². The van der Waals surface area contributed by atoms with Crippen LogP contribution >= 0.6 is 0 Å². The minimum Gasteiger partial charge on any atom is -0.444 e. The van der Waals surface area contributed by atoms with Crippen LogP contribution < -0.4 is 10.6 Å². The lowest BCUT2D eigenvalue weighted by atomic mass is 9.91. The molecule has 0 saturated heterocycles. The lowest BCUT2D eigenvalue weighted by Crippen LogP contribution is -2.42. The first kappa shape index (κ1) is 19.9. The Balaban J connectivity index is 1.53. The summed E-state index contributed by atoms with van der Waals surface area (Å²) in [5, 5.41) is 6.19. The van der Waals surface area contributed by atoms with Gasteiger partial charge in [-0.1, -0.05) is 0 Å². The molecule has 0 spiro atoms. The van der Waals surface area contributed by atoms with Gasteiger partial charge in [0.2, 0.25) is 11.9 Å². The van der Waals surface area contributed by atoms with E-state index in [2.05, 4.69) is 30.6 Å². The number of hydrogen-bond acceptors (Lipinski definition) is 7. The molecule has 1 amide bonds. The number of rotatable bonds is 4. The van der Waals surface area contributed by atoms with Crippen molar-refractivity contribution >= 4 is 12.0 Å². The lowest BCUT2D eigenvalue weighted by Gasteiger charge is -2.30. The SMILES string of the molecule is CC(C)(C)OC(=O)NC1CCC(Nc2ncnc(-c3cccnc3F)n2)CC1. The molecule has 2 aromatic rings. The molecule has 0 aromatic carbocycles. The summed E-state index contributed by atoms with van der Waals surface area (Å²) in [6, 6.07) is 3.47. The van der Waals surface area contributed by atoms with Gasteiger partial charge in [0.1, 0.15) is 11.9 Å². The average Bonchev–Trinajstić information content (AvgIpc) is 2.62. The first-order valence-electron chi connectivity index (χ1n) is 9.36. The highest BCUT2D eigenvalue weighted by Crippen LogP contribution is 2.23. The molecule has 150 valence electrons. The second-order valence-electron chi connectivity index (χ2n) is 7.81. The van der Waals surface area contributed by atoms with Crippen molar-refractivity contribution in [1.29, 1.82) is 0 Å². The molecule has 0 unspecified atom stereocenters. The molecule has 1 fully saturated rings. The van der Waals surface area contributed by atoms with Crippen molar-refractivity contribution in [2.75, 3.05) is 5.32 Å². The maximum absolute atomic E-state index is 13.8. The normalized spacial score (nSPS) is 19.7. The summed E-state index contributed by atoms with van der Waals surface area (Å²) in [5.74, 6) is 0.0218. The Morgan fingerprint density at radius 2 is 1.86 bits per heavy atom. The van der Waals surface area contributed by atoms with Crippen molar-refractivity contribution in [3.63, 3.8) is 0 Å². The molecule has 0 radical (unpaired) electrons. The zero-order chi connectivity index (χ0) is 20.1. The van der Waals surface area contributed by atoms with Crippen LogP contribution in [-0.2, 0) is 4.74 Å². The Morgan fingerprint density at radius 1 is 1.14 bits per heavy atom. The number of amides is 1. The lowest BCUT2D eigenvalue weighted by molar-refractivity contribution is 0.0492. The summed E-state index contributed by atoms with van der Waals surface area (Å²) < 4.78 is 19.1. The third kappa shape index (κ3) is 5.58. The van der Waals surface area contributed by atoms with Crippen molar-refractivity contribution < 1.29 is 13.9 Å². The highest BCUT2D eigenvalue weighted by Gasteiger charge is 2.25. The zero-order valence-electron chi connectivity index (χ0n) is 16.3. The molecule has 0 bridgehead atoms. The summed E-state index contributed by atoms with van der Waals surface area (Å²) in [6.45, 7) is 5.52. The maximum atomic E-state index is 13.8. The summed E-state index contributed by atoms with van der Waals surface area (Å²) in [4.78, 5) is 28.0. The van der Waals surface area contributed by atoms with Gasteiger partial charge in [-0.05, 0) is 58.6 Å². The van der Waals surface area contributed by atoms with Crippen LogP contribution in [0, 0.1) is 5.95 Å². The number of nitrogens with one attached hydrogen (secondary N) is 2. The van der Waals surface area contributed by atoms with E-state index in [0.717, 1.165) is 25.7 Å². The average molecular weight is 388 g/mol. The number of alkyl carbamates (subject to hydrolysis) is 1. The largest absolute Gasteiger partial charge is 0.444 e. The summed E-state index contributed by atoms with van der Waals surface area (Å²) in [5.41, 5.74) is -0.273. The number of ether oxygens (including phenoxy) is 1. The Kier molecular flexibility index (Phi) is 6.01. The van der Waals surface area contributed by atoms with Gasteiger partial charge >= 0.3 is 6.09 Å². The molecule has 8 nitrogen and oxygen atoms in total. The van der Waals surface area contributed by atoms with Gasteiger partial charge in [-0.2, -0.15) is 9.37 Å². The first-order valence-corrected chi connectivity index (χ1v) is 9.36. The Hall–Kier alpha value is -2.84. The molecule has 2 N–H and O–H groups in total. The van der Waals surface area contributed by atoms with Gasteiger partial charge in [0.05, 0.1) is 5.56 Å². The second kappa shape index (κ2) is 8.45. The van der Waals surface area contributed by atoms with E-state index in [1.54, 1.807) is 12.1 Å². The van der Waals surface area contributed by atoms with Gasteiger partial charge in [0.15, 0.2) is 5.82 Å².